The van der Waals surface area contributed by atoms with Gasteiger partial charge in [-0.2, -0.15) is 0 Å². The van der Waals surface area contributed by atoms with Crippen LogP contribution in [0.2, 0.25) is 0 Å². The standard InChI is InChI=1S/C17H18S/c1-3-9-15-11-6-8-13-17(15)18-16-12-7-5-10-14(16)4-2/h3,5-8,10-13H,1,4,9H2,2H3. The van der Waals surface area contributed by atoms with E-state index in [2.05, 4.69) is 62.0 Å². The largest absolute Gasteiger partial charge is 0.103 e. The third-order valence-electron chi connectivity index (χ3n) is 2.91. The molecule has 18 heavy (non-hydrogen) atoms. The zero-order chi connectivity index (χ0) is 12.8. The molecule has 0 atom stereocenters. The van der Waals surface area contributed by atoms with E-state index < -0.39 is 0 Å². The maximum atomic E-state index is 3.83. The molecule has 0 N–H and O–H groups in total. The van der Waals surface area contributed by atoms with Crippen molar-refractivity contribution in [3.05, 3.63) is 72.3 Å². The van der Waals surface area contributed by atoms with Crippen molar-refractivity contribution in [3.63, 3.8) is 0 Å². The van der Waals surface area contributed by atoms with Gasteiger partial charge >= 0.3 is 0 Å². The fourth-order valence-electron chi connectivity index (χ4n) is 1.94. The molecular formula is C17H18S. The van der Waals surface area contributed by atoms with Crippen LogP contribution >= 0.6 is 11.8 Å². The molecule has 0 aliphatic rings. The maximum Gasteiger partial charge on any atom is 0.0157 e. The van der Waals surface area contributed by atoms with E-state index >= 15 is 0 Å². The fourth-order valence-corrected chi connectivity index (χ4v) is 3.10. The molecule has 1 heteroatoms. The molecule has 0 aliphatic heterocycles. The summed E-state index contributed by atoms with van der Waals surface area (Å²) in [5.74, 6) is 0. The second-order valence-electron chi connectivity index (χ2n) is 4.16. The molecule has 0 saturated heterocycles. The number of hydrogen-bond acceptors (Lipinski definition) is 1. The molecule has 2 aromatic carbocycles. The molecule has 0 amide bonds. The van der Waals surface area contributed by atoms with Crippen molar-refractivity contribution in [2.45, 2.75) is 29.6 Å². The molecule has 0 aromatic heterocycles. The first-order chi connectivity index (χ1) is 8.85. The number of allylic oxidation sites excluding steroid dienone is 1. The Bertz CT molecular complexity index is 529. The summed E-state index contributed by atoms with van der Waals surface area (Å²) in [6.45, 7) is 6.03. The van der Waals surface area contributed by atoms with Crippen LogP contribution in [0.25, 0.3) is 0 Å². The average molecular weight is 254 g/mol. The fraction of sp³-hybridized carbons (Fsp3) is 0.176. The van der Waals surface area contributed by atoms with Crippen LogP contribution < -0.4 is 0 Å². The second kappa shape index (κ2) is 6.46. The molecular weight excluding hydrogens is 236 g/mol. The van der Waals surface area contributed by atoms with Gasteiger partial charge in [-0.1, -0.05) is 61.2 Å². The van der Waals surface area contributed by atoms with Crippen LogP contribution in [-0.2, 0) is 12.8 Å². The number of aryl methyl sites for hydroxylation is 1. The minimum absolute atomic E-state index is 0.928. The van der Waals surface area contributed by atoms with Crippen molar-refractivity contribution in [1.29, 1.82) is 0 Å². The highest BCUT2D eigenvalue weighted by Crippen LogP contribution is 2.33. The van der Waals surface area contributed by atoms with E-state index in [1.165, 1.54) is 20.9 Å². The van der Waals surface area contributed by atoms with Crippen LogP contribution in [0.5, 0.6) is 0 Å². The molecule has 2 aromatic rings. The van der Waals surface area contributed by atoms with Gasteiger partial charge in [0.05, 0.1) is 0 Å². The van der Waals surface area contributed by atoms with Gasteiger partial charge in [-0.05, 0) is 36.1 Å². The van der Waals surface area contributed by atoms with Crippen LogP contribution in [0, 0.1) is 0 Å². The Kier molecular flexibility index (Phi) is 4.66. The summed E-state index contributed by atoms with van der Waals surface area (Å²) in [7, 11) is 0. The van der Waals surface area contributed by atoms with E-state index in [0.717, 1.165) is 12.8 Å². The Labute approximate surface area is 114 Å². The lowest BCUT2D eigenvalue weighted by Gasteiger charge is -2.10. The monoisotopic (exact) mass is 254 g/mol. The van der Waals surface area contributed by atoms with Crippen molar-refractivity contribution >= 4 is 11.8 Å². The number of benzene rings is 2. The molecule has 0 aliphatic carbocycles. The summed E-state index contributed by atoms with van der Waals surface area (Å²) in [5.41, 5.74) is 2.76. The van der Waals surface area contributed by atoms with Crippen molar-refractivity contribution < 1.29 is 0 Å². The topological polar surface area (TPSA) is 0 Å². The average Bonchev–Trinajstić information content (AvgIpc) is 2.42. The van der Waals surface area contributed by atoms with E-state index in [0.29, 0.717) is 0 Å². The zero-order valence-electron chi connectivity index (χ0n) is 10.7. The summed E-state index contributed by atoms with van der Waals surface area (Å²) >= 11 is 1.86. The van der Waals surface area contributed by atoms with Crippen molar-refractivity contribution in [3.8, 4) is 0 Å². The van der Waals surface area contributed by atoms with Crippen LogP contribution in [0.15, 0.2) is 71.0 Å². The Morgan fingerprint density at radius 2 is 1.50 bits per heavy atom. The third-order valence-corrected chi connectivity index (χ3v) is 4.15. The van der Waals surface area contributed by atoms with Crippen molar-refractivity contribution in [1.82, 2.24) is 0 Å². The smallest absolute Gasteiger partial charge is 0.0157 e. The van der Waals surface area contributed by atoms with Crippen LogP contribution in [-0.4, -0.2) is 0 Å². The van der Waals surface area contributed by atoms with E-state index in [1.54, 1.807) is 0 Å². The molecule has 0 fully saturated rings. The second-order valence-corrected chi connectivity index (χ2v) is 5.25. The number of hydrogen-bond donors (Lipinski definition) is 0. The van der Waals surface area contributed by atoms with E-state index in [-0.39, 0.29) is 0 Å². The first-order valence-corrected chi connectivity index (χ1v) is 7.11. The lowest BCUT2D eigenvalue weighted by molar-refractivity contribution is 1.08. The van der Waals surface area contributed by atoms with E-state index in [9.17, 15) is 0 Å². The third kappa shape index (κ3) is 3.05. The molecule has 0 saturated carbocycles. The zero-order valence-corrected chi connectivity index (χ0v) is 11.5. The Morgan fingerprint density at radius 3 is 2.11 bits per heavy atom. The van der Waals surface area contributed by atoms with Crippen LogP contribution in [0.1, 0.15) is 18.1 Å². The highest BCUT2D eigenvalue weighted by molar-refractivity contribution is 7.99. The van der Waals surface area contributed by atoms with E-state index in [1.807, 2.05) is 17.8 Å². The molecule has 0 radical (unpaired) electrons. The summed E-state index contributed by atoms with van der Waals surface area (Å²) in [6, 6.07) is 17.2. The van der Waals surface area contributed by atoms with Gasteiger partial charge in [0.15, 0.2) is 0 Å². The maximum absolute atomic E-state index is 3.83. The van der Waals surface area contributed by atoms with Gasteiger partial charge in [0.2, 0.25) is 0 Å². The van der Waals surface area contributed by atoms with Gasteiger partial charge < -0.3 is 0 Å². The van der Waals surface area contributed by atoms with E-state index in [4.69, 9.17) is 0 Å². The lowest BCUT2D eigenvalue weighted by Crippen LogP contribution is -1.88. The number of rotatable bonds is 5. The highest BCUT2D eigenvalue weighted by atomic mass is 32.2. The van der Waals surface area contributed by atoms with Gasteiger partial charge in [0, 0.05) is 9.79 Å². The van der Waals surface area contributed by atoms with Crippen molar-refractivity contribution in [2.24, 2.45) is 0 Å². The molecule has 0 spiro atoms. The minimum Gasteiger partial charge on any atom is -0.103 e. The van der Waals surface area contributed by atoms with Gasteiger partial charge in [-0.25, -0.2) is 0 Å². The molecule has 0 heterocycles. The quantitative estimate of drug-likeness (QED) is 0.667. The van der Waals surface area contributed by atoms with Crippen LogP contribution in [0.3, 0.4) is 0 Å². The minimum atomic E-state index is 0.928. The lowest BCUT2D eigenvalue weighted by atomic mass is 10.1. The molecule has 0 unspecified atom stereocenters. The highest BCUT2D eigenvalue weighted by Gasteiger charge is 2.05. The molecule has 2 rings (SSSR count). The first-order valence-electron chi connectivity index (χ1n) is 6.29. The predicted molar refractivity (Wildman–Crippen MR) is 80.3 cm³/mol. The summed E-state index contributed by atoms with van der Waals surface area (Å²) in [5, 5.41) is 0. The summed E-state index contributed by atoms with van der Waals surface area (Å²) in [4.78, 5) is 2.69. The van der Waals surface area contributed by atoms with Gasteiger partial charge in [-0.3, -0.25) is 0 Å². The van der Waals surface area contributed by atoms with Gasteiger partial charge in [0.25, 0.3) is 0 Å². The summed E-state index contributed by atoms with van der Waals surface area (Å²) < 4.78 is 0. The van der Waals surface area contributed by atoms with Crippen LogP contribution in [0.4, 0.5) is 0 Å². The van der Waals surface area contributed by atoms with Gasteiger partial charge in [0.1, 0.15) is 0 Å². The Hall–Kier alpha value is -1.47. The SMILES string of the molecule is C=CCc1ccccc1Sc1ccccc1CC. The first kappa shape index (κ1) is 13.0. The molecule has 0 bridgehead atoms. The Balaban J connectivity index is 2.30. The molecule has 92 valence electrons. The van der Waals surface area contributed by atoms with Crippen molar-refractivity contribution in [2.75, 3.05) is 0 Å². The Morgan fingerprint density at radius 1 is 0.944 bits per heavy atom. The van der Waals surface area contributed by atoms with Gasteiger partial charge in [-0.15, -0.1) is 6.58 Å². The summed E-state index contributed by atoms with van der Waals surface area (Å²) in [6.07, 6.45) is 3.97. The normalized spacial score (nSPS) is 10.3. The molecule has 0 nitrogen and oxygen atoms in total. The predicted octanol–water partition coefficient (Wildman–Crippen LogP) is 5.13.